The van der Waals surface area contributed by atoms with Gasteiger partial charge in [0.05, 0.1) is 6.04 Å². The third-order valence-corrected chi connectivity index (χ3v) is 3.62. The topological polar surface area (TPSA) is 32.3 Å². The van der Waals surface area contributed by atoms with Gasteiger partial charge in [-0.15, -0.1) is 0 Å². The number of carbonyl (C=O) groups is 1. The van der Waals surface area contributed by atoms with Gasteiger partial charge in [-0.3, -0.25) is 4.79 Å². The van der Waals surface area contributed by atoms with Crippen molar-refractivity contribution in [2.75, 3.05) is 13.1 Å². The lowest BCUT2D eigenvalue weighted by Gasteiger charge is -2.33. The van der Waals surface area contributed by atoms with Crippen LogP contribution in [-0.4, -0.2) is 29.9 Å². The Morgan fingerprint density at radius 3 is 2.78 bits per heavy atom. The Hall–Kier alpha value is -1.35. The van der Waals surface area contributed by atoms with Crippen LogP contribution in [0.3, 0.4) is 0 Å². The van der Waals surface area contributed by atoms with Gasteiger partial charge in [0.2, 0.25) is 5.91 Å². The van der Waals surface area contributed by atoms with E-state index in [9.17, 15) is 4.79 Å². The first kappa shape index (κ1) is 13.1. The van der Waals surface area contributed by atoms with Gasteiger partial charge in [-0.2, -0.15) is 0 Å². The van der Waals surface area contributed by atoms with E-state index in [-0.39, 0.29) is 18.0 Å². The summed E-state index contributed by atoms with van der Waals surface area (Å²) in [6.07, 6.45) is 1.62. The molecule has 0 radical (unpaired) electrons. The van der Waals surface area contributed by atoms with E-state index >= 15 is 0 Å². The number of nitrogens with one attached hydrogen (secondary N) is 1. The molecule has 2 unspecified atom stereocenters. The maximum atomic E-state index is 12.3. The number of nitrogens with zero attached hydrogens (tertiary/aromatic N) is 1. The Kier molecular flexibility index (Phi) is 4.37. The molecule has 1 fully saturated rings. The van der Waals surface area contributed by atoms with Crippen LogP contribution in [0.15, 0.2) is 30.3 Å². The summed E-state index contributed by atoms with van der Waals surface area (Å²) >= 11 is 0. The zero-order valence-corrected chi connectivity index (χ0v) is 11.2. The molecule has 3 nitrogen and oxygen atoms in total. The summed E-state index contributed by atoms with van der Waals surface area (Å²) in [5, 5.41) is 3.37. The van der Waals surface area contributed by atoms with Crippen molar-refractivity contribution in [2.45, 2.75) is 38.8 Å². The van der Waals surface area contributed by atoms with Crippen LogP contribution < -0.4 is 5.32 Å². The fraction of sp³-hybridized carbons (Fsp3) is 0.533. The lowest BCUT2D eigenvalue weighted by atomic mass is 10.0. The number of hydrogen-bond donors (Lipinski definition) is 1. The monoisotopic (exact) mass is 246 g/mol. The highest BCUT2D eigenvalue weighted by Crippen LogP contribution is 2.22. The summed E-state index contributed by atoms with van der Waals surface area (Å²) < 4.78 is 0. The standard InChI is InChI=1S/C15H22N2O/c1-12-11-15(18)17(10-6-9-16-12)13(2)14-7-4-3-5-8-14/h3-5,7-8,12-13,16H,6,9-11H2,1-2H3. The summed E-state index contributed by atoms with van der Waals surface area (Å²) in [6, 6.07) is 10.7. The molecule has 2 rings (SSSR count). The molecule has 1 aromatic carbocycles. The molecule has 0 saturated carbocycles. The minimum Gasteiger partial charge on any atom is -0.336 e. The van der Waals surface area contributed by atoms with Crippen molar-refractivity contribution in [3.05, 3.63) is 35.9 Å². The van der Waals surface area contributed by atoms with Gasteiger partial charge in [-0.1, -0.05) is 30.3 Å². The first-order valence-corrected chi connectivity index (χ1v) is 6.76. The third-order valence-electron chi connectivity index (χ3n) is 3.62. The van der Waals surface area contributed by atoms with Crippen molar-refractivity contribution in [3.8, 4) is 0 Å². The Morgan fingerprint density at radius 1 is 1.33 bits per heavy atom. The lowest BCUT2D eigenvalue weighted by molar-refractivity contribution is -0.134. The Bertz CT molecular complexity index is 391. The number of rotatable bonds is 2. The molecule has 18 heavy (non-hydrogen) atoms. The molecule has 0 aromatic heterocycles. The van der Waals surface area contributed by atoms with Crippen molar-refractivity contribution in [2.24, 2.45) is 0 Å². The van der Waals surface area contributed by atoms with E-state index in [2.05, 4.69) is 31.3 Å². The van der Waals surface area contributed by atoms with Gasteiger partial charge in [0.1, 0.15) is 0 Å². The van der Waals surface area contributed by atoms with E-state index in [4.69, 9.17) is 0 Å². The number of benzene rings is 1. The Morgan fingerprint density at radius 2 is 2.06 bits per heavy atom. The number of amides is 1. The van der Waals surface area contributed by atoms with E-state index in [1.165, 1.54) is 5.56 Å². The smallest absolute Gasteiger partial charge is 0.224 e. The van der Waals surface area contributed by atoms with Crippen molar-refractivity contribution < 1.29 is 4.79 Å². The van der Waals surface area contributed by atoms with Crippen molar-refractivity contribution in [1.82, 2.24) is 10.2 Å². The molecule has 3 heteroatoms. The molecule has 1 aliphatic rings. The largest absolute Gasteiger partial charge is 0.336 e. The highest BCUT2D eigenvalue weighted by Gasteiger charge is 2.24. The number of hydrogen-bond acceptors (Lipinski definition) is 2. The third kappa shape index (κ3) is 3.10. The molecule has 1 N–H and O–H groups in total. The molecule has 0 aliphatic carbocycles. The van der Waals surface area contributed by atoms with E-state index in [1.54, 1.807) is 0 Å². The van der Waals surface area contributed by atoms with Gasteiger partial charge >= 0.3 is 0 Å². The maximum Gasteiger partial charge on any atom is 0.224 e. The second-order valence-corrected chi connectivity index (χ2v) is 5.09. The fourth-order valence-corrected chi connectivity index (χ4v) is 2.50. The van der Waals surface area contributed by atoms with Crippen molar-refractivity contribution in [1.29, 1.82) is 0 Å². The summed E-state index contributed by atoms with van der Waals surface area (Å²) in [5.41, 5.74) is 1.21. The minimum atomic E-state index is 0.170. The van der Waals surface area contributed by atoms with E-state index in [0.29, 0.717) is 6.42 Å². The van der Waals surface area contributed by atoms with E-state index in [1.807, 2.05) is 23.1 Å². The highest BCUT2D eigenvalue weighted by molar-refractivity contribution is 5.77. The average Bonchev–Trinajstić information content (AvgIpc) is 2.37. The molecule has 2 atom stereocenters. The maximum absolute atomic E-state index is 12.3. The van der Waals surface area contributed by atoms with Gasteiger partial charge in [0.15, 0.2) is 0 Å². The van der Waals surface area contributed by atoms with Crippen LogP contribution in [0.4, 0.5) is 0 Å². The predicted octanol–water partition coefficient (Wildman–Crippen LogP) is 2.35. The molecular weight excluding hydrogens is 224 g/mol. The zero-order chi connectivity index (χ0) is 13.0. The lowest BCUT2D eigenvalue weighted by Crippen LogP contribution is -2.43. The fourth-order valence-electron chi connectivity index (χ4n) is 2.50. The molecule has 98 valence electrons. The molecule has 1 saturated heterocycles. The van der Waals surface area contributed by atoms with Crippen molar-refractivity contribution in [3.63, 3.8) is 0 Å². The van der Waals surface area contributed by atoms with Crippen LogP contribution in [0, 0.1) is 0 Å². The average molecular weight is 246 g/mol. The summed E-state index contributed by atoms with van der Waals surface area (Å²) in [4.78, 5) is 14.3. The predicted molar refractivity (Wildman–Crippen MR) is 73.3 cm³/mol. The molecule has 1 aromatic rings. The van der Waals surface area contributed by atoms with Gasteiger partial charge < -0.3 is 10.2 Å². The first-order valence-electron chi connectivity index (χ1n) is 6.76. The van der Waals surface area contributed by atoms with Crippen LogP contribution in [0.25, 0.3) is 0 Å². The van der Waals surface area contributed by atoms with Crippen LogP contribution in [0.5, 0.6) is 0 Å². The van der Waals surface area contributed by atoms with E-state index in [0.717, 1.165) is 19.5 Å². The summed E-state index contributed by atoms with van der Waals surface area (Å²) in [7, 11) is 0. The summed E-state index contributed by atoms with van der Waals surface area (Å²) in [6.45, 7) is 6.03. The van der Waals surface area contributed by atoms with Gasteiger partial charge in [0, 0.05) is 19.0 Å². The molecule has 0 bridgehead atoms. The van der Waals surface area contributed by atoms with Crippen molar-refractivity contribution >= 4 is 5.91 Å². The Labute approximate surface area is 109 Å². The Balaban J connectivity index is 2.12. The minimum absolute atomic E-state index is 0.170. The molecular formula is C15H22N2O. The molecule has 1 heterocycles. The second kappa shape index (κ2) is 6.01. The highest BCUT2D eigenvalue weighted by atomic mass is 16.2. The normalized spacial score (nSPS) is 23.3. The van der Waals surface area contributed by atoms with Gasteiger partial charge in [-0.05, 0) is 32.4 Å². The van der Waals surface area contributed by atoms with Crippen LogP contribution in [-0.2, 0) is 4.79 Å². The number of carbonyl (C=O) groups excluding carboxylic acids is 1. The van der Waals surface area contributed by atoms with Crippen LogP contribution >= 0.6 is 0 Å². The SMILES string of the molecule is CC1CC(=O)N(C(C)c2ccccc2)CCCN1. The molecule has 0 spiro atoms. The van der Waals surface area contributed by atoms with Crippen LogP contribution in [0.1, 0.15) is 38.3 Å². The van der Waals surface area contributed by atoms with Gasteiger partial charge in [-0.25, -0.2) is 0 Å². The second-order valence-electron chi connectivity index (χ2n) is 5.09. The summed E-state index contributed by atoms with van der Waals surface area (Å²) in [5.74, 6) is 0.256. The first-order chi connectivity index (χ1) is 8.68. The quantitative estimate of drug-likeness (QED) is 0.868. The molecule has 1 amide bonds. The van der Waals surface area contributed by atoms with E-state index < -0.39 is 0 Å². The van der Waals surface area contributed by atoms with Gasteiger partial charge in [0.25, 0.3) is 0 Å². The van der Waals surface area contributed by atoms with Crippen LogP contribution in [0.2, 0.25) is 0 Å². The molecule has 1 aliphatic heterocycles. The zero-order valence-electron chi connectivity index (χ0n) is 11.2.